The Balaban J connectivity index is 1.58. The Bertz CT molecular complexity index is 1710. The standard InChI is InChI=1S/C27H21ClN8O2/c1-17-7-9-22(21(29)11-17)32-27(38)25(12-18-5-3-2-4-6-18)35-15-30-23(14-26(35)37)20-13-19(28)8-10-24(20)36-16-31-33-34-36/h2-16H,29H2,1H3,(H,32,38). The van der Waals surface area contributed by atoms with Gasteiger partial charge in [-0.3, -0.25) is 14.2 Å². The summed E-state index contributed by atoms with van der Waals surface area (Å²) < 4.78 is 2.62. The Morgan fingerprint density at radius 1 is 1.03 bits per heavy atom. The number of aromatic nitrogens is 6. The number of nitrogen functional groups attached to an aromatic ring is 1. The molecule has 0 aliphatic rings. The van der Waals surface area contributed by atoms with E-state index in [4.69, 9.17) is 17.3 Å². The molecule has 1 amide bonds. The SMILES string of the molecule is Cc1ccc(NC(=O)C(=Cc2ccccc2)n2cnc(-c3cc(Cl)ccc3-n3cnnn3)cc2=O)c(N)c1. The maximum atomic E-state index is 13.5. The Morgan fingerprint density at radius 2 is 1.84 bits per heavy atom. The van der Waals surface area contributed by atoms with Crippen LogP contribution in [0.4, 0.5) is 11.4 Å². The summed E-state index contributed by atoms with van der Waals surface area (Å²) in [5.74, 6) is -0.529. The van der Waals surface area contributed by atoms with Crippen LogP contribution in [0.25, 0.3) is 28.7 Å². The third-order valence-electron chi connectivity index (χ3n) is 5.69. The van der Waals surface area contributed by atoms with Crippen LogP contribution in [-0.2, 0) is 4.79 Å². The van der Waals surface area contributed by atoms with E-state index in [-0.39, 0.29) is 5.70 Å². The van der Waals surface area contributed by atoms with Crippen LogP contribution in [0.5, 0.6) is 0 Å². The fourth-order valence-electron chi connectivity index (χ4n) is 3.85. The van der Waals surface area contributed by atoms with Crippen molar-refractivity contribution in [1.82, 2.24) is 29.8 Å². The van der Waals surface area contributed by atoms with Crippen molar-refractivity contribution < 1.29 is 4.79 Å². The molecule has 0 atom stereocenters. The molecule has 38 heavy (non-hydrogen) atoms. The first kappa shape index (κ1) is 24.6. The maximum Gasteiger partial charge on any atom is 0.272 e. The van der Waals surface area contributed by atoms with Crippen LogP contribution >= 0.6 is 11.6 Å². The number of anilines is 2. The molecule has 0 aliphatic heterocycles. The molecule has 2 aromatic heterocycles. The highest BCUT2D eigenvalue weighted by atomic mass is 35.5. The first-order chi connectivity index (χ1) is 18.4. The Morgan fingerprint density at radius 3 is 2.55 bits per heavy atom. The number of carbonyl (C=O) groups excluding carboxylic acids is 1. The Hall–Kier alpha value is -5.09. The van der Waals surface area contributed by atoms with Crippen LogP contribution < -0.4 is 16.6 Å². The third kappa shape index (κ3) is 5.20. The van der Waals surface area contributed by atoms with Crippen molar-refractivity contribution in [3.8, 4) is 16.9 Å². The molecule has 10 nitrogen and oxygen atoms in total. The smallest absolute Gasteiger partial charge is 0.272 e. The van der Waals surface area contributed by atoms with E-state index in [1.165, 1.54) is 28.0 Å². The minimum Gasteiger partial charge on any atom is -0.397 e. The second kappa shape index (κ2) is 10.5. The number of nitrogens with one attached hydrogen (secondary N) is 1. The number of aryl methyl sites for hydroxylation is 1. The van der Waals surface area contributed by atoms with Gasteiger partial charge >= 0.3 is 0 Å². The van der Waals surface area contributed by atoms with Gasteiger partial charge in [0.1, 0.15) is 18.4 Å². The molecule has 5 rings (SSSR count). The molecule has 0 radical (unpaired) electrons. The molecule has 0 aliphatic carbocycles. The Labute approximate surface area is 222 Å². The van der Waals surface area contributed by atoms with Crippen LogP contribution in [0.15, 0.2) is 90.2 Å². The highest BCUT2D eigenvalue weighted by Gasteiger charge is 2.18. The quantitative estimate of drug-likeness (QED) is 0.252. The number of tetrazole rings is 1. The lowest BCUT2D eigenvalue weighted by atomic mass is 10.1. The molecule has 0 spiro atoms. The van der Waals surface area contributed by atoms with E-state index in [0.717, 1.165) is 11.1 Å². The van der Waals surface area contributed by atoms with E-state index >= 15 is 0 Å². The van der Waals surface area contributed by atoms with Crippen LogP contribution in [0.3, 0.4) is 0 Å². The van der Waals surface area contributed by atoms with Crippen LogP contribution in [-0.4, -0.2) is 35.7 Å². The van der Waals surface area contributed by atoms with E-state index in [2.05, 4.69) is 25.8 Å². The average molecular weight is 525 g/mol. The topological polar surface area (TPSA) is 134 Å². The highest BCUT2D eigenvalue weighted by molar-refractivity contribution is 6.31. The summed E-state index contributed by atoms with van der Waals surface area (Å²) in [4.78, 5) is 31.3. The van der Waals surface area contributed by atoms with Crippen LogP contribution in [0, 0.1) is 6.92 Å². The van der Waals surface area contributed by atoms with Gasteiger partial charge in [-0.1, -0.05) is 48.0 Å². The minimum atomic E-state index is -0.529. The van der Waals surface area contributed by atoms with Gasteiger partial charge in [0.25, 0.3) is 11.5 Å². The number of benzene rings is 3. The van der Waals surface area contributed by atoms with Gasteiger partial charge in [-0.2, -0.15) is 4.68 Å². The largest absolute Gasteiger partial charge is 0.397 e. The summed E-state index contributed by atoms with van der Waals surface area (Å²) in [5, 5.41) is 14.5. The second-order valence-corrected chi connectivity index (χ2v) is 8.82. The highest BCUT2D eigenvalue weighted by Crippen LogP contribution is 2.27. The summed E-state index contributed by atoms with van der Waals surface area (Å²) in [6.07, 6.45) is 4.33. The van der Waals surface area contributed by atoms with Gasteiger partial charge in [0.2, 0.25) is 0 Å². The molecular weight excluding hydrogens is 504 g/mol. The predicted octanol–water partition coefficient (Wildman–Crippen LogP) is 4.07. The summed E-state index contributed by atoms with van der Waals surface area (Å²) in [6, 6.07) is 20.9. The molecule has 5 aromatic rings. The zero-order valence-electron chi connectivity index (χ0n) is 20.1. The molecule has 11 heteroatoms. The number of halogens is 1. The summed E-state index contributed by atoms with van der Waals surface area (Å²) in [6.45, 7) is 1.90. The van der Waals surface area contributed by atoms with Gasteiger partial charge in [0.05, 0.1) is 22.8 Å². The zero-order chi connectivity index (χ0) is 26.6. The fraction of sp³-hybridized carbons (Fsp3) is 0.0370. The summed E-state index contributed by atoms with van der Waals surface area (Å²) >= 11 is 6.24. The first-order valence-corrected chi connectivity index (χ1v) is 11.8. The van der Waals surface area contributed by atoms with E-state index in [0.29, 0.717) is 33.3 Å². The number of carbonyl (C=O) groups is 1. The normalized spacial score (nSPS) is 11.4. The molecule has 0 unspecified atom stereocenters. The molecule has 3 N–H and O–H groups in total. The molecule has 0 bridgehead atoms. The lowest BCUT2D eigenvalue weighted by Gasteiger charge is -2.14. The van der Waals surface area contributed by atoms with Crippen molar-refractivity contribution >= 4 is 40.7 Å². The van der Waals surface area contributed by atoms with Crippen LogP contribution in [0.2, 0.25) is 5.02 Å². The number of hydrogen-bond donors (Lipinski definition) is 2. The van der Waals surface area contributed by atoms with Crippen molar-refractivity contribution in [2.45, 2.75) is 6.92 Å². The molecule has 3 aromatic carbocycles. The van der Waals surface area contributed by atoms with Gasteiger partial charge in [0, 0.05) is 16.7 Å². The number of rotatable bonds is 6. The predicted molar refractivity (Wildman–Crippen MR) is 146 cm³/mol. The molecule has 0 fully saturated rings. The third-order valence-corrected chi connectivity index (χ3v) is 5.93. The van der Waals surface area contributed by atoms with E-state index in [1.54, 1.807) is 36.4 Å². The van der Waals surface area contributed by atoms with Crippen molar-refractivity contribution in [2.75, 3.05) is 11.1 Å². The average Bonchev–Trinajstić information content (AvgIpc) is 3.44. The monoisotopic (exact) mass is 524 g/mol. The summed E-state index contributed by atoms with van der Waals surface area (Å²) in [5.41, 5.74) is 9.66. The van der Waals surface area contributed by atoms with Gasteiger partial charge in [0.15, 0.2) is 0 Å². The van der Waals surface area contributed by atoms with Crippen molar-refractivity contribution in [3.63, 3.8) is 0 Å². The molecular formula is C27H21ClN8O2. The van der Waals surface area contributed by atoms with Gasteiger partial charge in [-0.05, 0) is 64.9 Å². The second-order valence-electron chi connectivity index (χ2n) is 8.38. The number of nitrogens with two attached hydrogens (primary N) is 1. The van der Waals surface area contributed by atoms with E-state index < -0.39 is 11.5 Å². The fourth-order valence-corrected chi connectivity index (χ4v) is 4.02. The van der Waals surface area contributed by atoms with Gasteiger partial charge in [-0.25, -0.2) is 4.98 Å². The first-order valence-electron chi connectivity index (χ1n) is 11.5. The van der Waals surface area contributed by atoms with Crippen molar-refractivity contribution in [1.29, 1.82) is 0 Å². The molecule has 188 valence electrons. The van der Waals surface area contributed by atoms with E-state index in [1.807, 2.05) is 43.3 Å². The molecule has 0 saturated heterocycles. The maximum absolute atomic E-state index is 13.5. The molecule has 2 heterocycles. The minimum absolute atomic E-state index is 0.0621. The Kier molecular flexibility index (Phi) is 6.79. The number of amides is 1. The van der Waals surface area contributed by atoms with Crippen LogP contribution in [0.1, 0.15) is 11.1 Å². The van der Waals surface area contributed by atoms with Gasteiger partial charge in [-0.15, -0.1) is 5.10 Å². The van der Waals surface area contributed by atoms with Crippen molar-refractivity contribution in [3.05, 3.63) is 112 Å². The summed E-state index contributed by atoms with van der Waals surface area (Å²) in [7, 11) is 0. The number of hydrogen-bond acceptors (Lipinski definition) is 7. The van der Waals surface area contributed by atoms with E-state index in [9.17, 15) is 9.59 Å². The van der Waals surface area contributed by atoms with Gasteiger partial charge < -0.3 is 11.1 Å². The van der Waals surface area contributed by atoms with Crippen molar-refractivity contribution in [2.24, 2.45) is 0 Å². The molecule has 0 saturated carbocycles. The lowest BCUT2D eigenvalue weighted by Crippen LogP contribution is -2.26. The number of nitrogens with zero attached hydrogens (tertiary/aromatic N) is 6. The lowest BCUT2D eigenvalue weighted by molar-refractivity contribution is -0.111. The zero-order valence-corrected chi connectivity index (χ0v) is 20.9.